The highest BCUT2D eigenvalue weighted by Gasteiger charge is 2.41. The molecule has 3 heterocycles. The summed E-state index contributed by atoms with van der Waals surface area (Å²) in [4.78, 5) is 53.9. The summed E-state index contributed by atoms with van der Waals surface area (Å²) in [5, 5.41) is 19.2. The molecule has 2 aliphatic rings. The van der Waals surface area contributed by atoms with Gasteiger partial charge in [0.05, 0.1) is 35.4 Å². The molecular formula is C20H21N3O7. The van der Waals surface area contributed by atoms with E-state index in [0.717, 1.165) is 9.47 Å². The highest BCUT2D eigenvalue weighted by Crippen LogP contribution is 2.33. The number of fused-ring (bicyclic) bond motifs is 1. The molecule has 10 heteroatoms. The van der Waals surface area contributed by atoms with E-state index < -0.39 is 54.1 Å². The number of aliphatic hydroxyl groups is 2. The van der Waals surface area contributed by atoms with Crippen LogP contribution in [0.4, 0.5) is 0 Å². The van der Waals surface area contributed by atoms with Crippen LogP contribution in [-0.4, -0.2) is 55.3 Å². The van der Waals surface area contributed by atoms with E-state index in [9.17, 15) is 29.4 Å². The van der Waals surface area contributed by atoms with Crippen LogP contribution in [-0.2, 0) is 4.74 Å². The third-order valence-corrected chi connectivity index (χ3v) is 5.57. The SMILES string of the molecule is CCC(c1cn([C@H]2C[C@H](O)[C@@H](CO)O2)c(=O)[nH]c1=O)N1C(=O)c2ccccc2C1=O. The molecule has 2 aromatic rings. The van der Waals surface area contributed by atoms with Crippen molar-refractivity contribution in [2.75, 3.05) is 6.61 Å². The molecule has 0 radical (unpaired) electrons. The predicted molar refractivity (Wildman–Crippen MR) is 103 cm³/mol. The molecule has 2 amide bonds. The third-order valence-electron chi connectivity index (χ3n) is 5.57. The van der Waals surface area contributed by atoms with Gasteiger partial charge in [0, 0.05) is 12.6 Å². The number of carbonyl (C=O) groups excluding carboxylic acids is 2. The molecule has 0 aliphatic carbocycles. The maximum atomic E-state index is 12.9. The second-order valence-corrected chi connectivity index (χ2v) is 7.32. The Balaban J connectivity index is 1.75. The number of aromatic amines is 1. The van der Waals surface area contributed by atoms with Crippen LogP contribution in [0.2, 0.25) is 0 Å². The van der Waals surface area contributed by atoms with Crippen molar-refractivity contribution < 1.29 is 24.5 Å². The van der Waals surface area contributed by atoms with Crippen LogP contribution in [0.15, 0.2) is 40.1 Å². The summed E-state index contributed by atoms with van der Waals surface area (Å²) in [6.45, 7) is 1.30. The molecule has 1 unspecified atom stereocenters. The van der Waals surface area contributed by atoms with Gasteiger partial charge in [-0.2, -0.15) is 0 Å². The van der Waals surface area contributed by atoms with Crippen LogP contribution in [0.3, 0.4) is 0 Å². The number of hydrogen-bond donors (Lipinski definition) is 3. The molecule has 0 spiro atoms. The molecule has 4 atom stereocenters. The van der Waals surface area contributed by atoms with Gasteiger partial charge >= 0.3 is 5.69 Å². The summed E-state index contributed by atoms with van der Waals surface area (Å²) in [6.07, 6.45) is -1.17. The van der Waals surface area contributed by atoms with Gasteiger partial charge in [-0.15, -0.1) is 0 Å². The predicted octanol–water partition coefficient (Wildman–Crippen LogP) is -0.0754. The largest absolute Gasteiger partial charge is 0.394 e. The summed E-state index contributed by atoms with van der Waals surface area (Å²) in [5.74, 6) is -1.01. The molecule has 2 aliphatic heterocycles. The average Bonchev–Trinajstić information content (AvgIpc) is 3.22. The van der Waals surface area contributed by atoms with Gasteiger partial charge in [0.15, 0.2) is 0 Å². The van der Waals surface area contributed by atoms with Gasteiger partial charge in [-0.1, -0.05) is 19.1 Å². The van der Waals surface area contributed by atoms with Crippen molar-refractivity contribution in [3.8, 4) is 0 Å². The molecule has 1 fully saturated rings. The lowest BCUT2D eigenvalue weighted by molar-refractivity contribution is -0.0460. The topological polar surface area (TPSA) is 142 Å². The van der Waals surface area contributed by atoms with Crippen LogP contribution < -0.4 is 11.2 Å². The average molecular weight is 415 g/mol. The fourth-order valence-electron chi connectivity index (χ4n) is 4.03. The second-order valence-electron chi connectivity index (χ2n) is 7.32. The number of H-pyrrole nitrogens is 1. The normalized spacial score (nSPS) is 24.4. The number of nitrogens with one attached hydrogen (secondary N) is 1. The number of nitrogens with zero attached hydrogens (tertiary/aromatic N) is 2. The molecular weight excluding hydrogens is 394 g/mol. The van der Waals surface area contributed by atoms with Crippen molar-refractivity contribution in [2.45, 2.75) is 44.2 Å². The maximum absolute atomic E-state index is 12.9. The monoisotopic (exact) mass is 415 g/mol. The van der Waals surface area contributed by atoms with E-state index in [1.54, 1.807) is 31.2 Å². The molecule has 3 N–H and O–H groups in total. The lowest BCUT2D eigenvalue weighted by Gasteiger charge is -2.25. The third kappa shape index (κ3) is 3.09. The number of carbonyl (C=O) groups is 2. The molecule has 1 aromatic heterocycles. The van der Waals surface area contributed by atoms with Crippen molar-refractivity contribution >= 4 is 11.8 Å². The Morgan fingerprint density at radius 2 is 1.80 bits per heavy atom. The number of imide groups is 1. The standard InChI is InChI=1S/C20H21N3O7/c1-2-13(23-18(27)10-5-3-4-6-11(10)19(23)28)12-8-22(20(29)21-17(12)26)16-7-14(25)15(9-24)30-16/h3-6,8,13-16,24-25H,2,7,9H2,1H3,(H,21,26,29)/t13?,14-,15+,16+/m0/s1. The van der Waals surface area contributed by atoms with Crippen LogP contribution >= 0.6 is 0 Å². The van der Waals surface area contributed by atoms with E-state index >= 15 is 0 Å². The van der Waals surface area contributed by atoms with Gasteiger partial charge < -0.3 is 14.9 Å². The fraction of sp³-hybridized carbons (Fsp3) is 0.400. The Kier molecular flexibility index (Phi) is 5.14. The maximum Gasteiger partial charge on any atom is 0.330 e. The van der Waals surface area contributed by atoms with E-state index in [-0.39, 0.29) is 29.5 Å². The van der Waals surface area contributed by atoms with Crippen LogP contribution in [0.5, 0.6) is 0 Å². The van der Waals surface area contributed by atoms with Gasteiger partial charge in [-0.25, -0.2) is 4.79 Å². The van der Waals surface area contributed by atoms with Gasteiger partial charge in [0.25, 0.3) is 17.4 Å². The Labute approximate surface area is 170 Å². The number of aromatic nitrogens is 2. The lowest BCUT2D eigenvalue weighted by atomic mass is 10.1. The number of benzene rings is 1. The zero-order valence-electron chi connectivity index (χ0n) is 16.1. The van der Waals surface area contributed by atoms with Gasteiger partial charge in [0.1, 0.15) is 12.3 Å². The van der Waals surface area contributed by atoms with Crippen molar-refractivity contribution in [3.05, 3.63) is 68.0 Å². The Morgan fingerprint density at radius 3 is 2.33 bits per heavy atom. The van der Waals surface area contributed by atoms with Crippen LogP contribution in [0, 0.1) is 0 Å². The number of hydrogen-bond acceptors (Lipinski definition) is 7. The molecule has 0 bridgehead atoms. The molecule has 1 aromatic carbocycles. The first kappa shape index (κ1) is 20.2. The zero-order chi connectivity index (χ0) is 21.6. The summed E-state index contributed by atoms with van der Waals surface area (Å²) >= 11 is 0. The molecule has 1 saturated heterocycles. The Hall–Kier alpha value is -3.08. The van der Waals surface area contributed by atoms with Crippen molar-refractivity contribution in [1.82, 2.24) is 14.5 Å². The van der Waals surface area contributed by atoms with Crippen molar-refractivity contribution in [1.29, 1.82) is 0 Å². The minimum atomic E-state index is -0.972. The lowest BCUT2D eigenvalue weighted by Crippen LogP contribution is -2.40. The Bertz CT molecular complexity index is 1090. The number of rotatable bonds is 5. The van der Waals surface area contributed by atoms with Gasteiger partial charge in [-0.3, -0.25) is 28.8 Å². The Morgan fingerprint density at radius 1 is 1.17 bits per heavy atom. The summed E-state index contributed by atoms with van der Waals surface area (Å²) < 4.78 is 6.62. The molecule has 4 rings (SSSR count). The highest BCUT2D eigenvalue weighted by molar-refractivity contribution is 6.21. The van der Waals surface area contributed by atoms with E-state index in [2.05, 4.69) is 4.98 Å². The smallest absolute Gasteiger partial charge is 0.330 e. The first-order chi connectivity index (χ1) is 14.4. The first-order valence-electron chi connectivity index (χ1n) is 9.64. The zero-order valence-corrected chi connectivity index (χ0v) is 16.1. The van der Waals surface area contributed by atoms with Crippen LogP contribution in [0.25, 0.3) is 0 Å². The van der Waals surface area contributed by atoms with E-state index in [0.29, 0.717) is 0 Å². The van der Waals surface area contributed by atoms with Crippen LogP contribution in [0.1, 0.15) is 58.3 Å². The van der Waals surface area contributed by atoms with E-state index in [1.165, 1.54) is 6.20 Å². The minimum absolute atomic E-state index is 0.0421. The fourth-order valence-corrected chi connectivity index (χ4v) is 4.03. The van der Waals surface area contributed by atoms with Gasteiger partial charge in [-0.05, 0) is 18.6 Å². The molecule has 30 heavy (non-hydrogen) atoms. The van der Waals surface area contributed by atoms with Gasteiger partial charge in [0.2, 0.25) is 0 Å². The van der Waals surface area contributed by atoms with Crippen molar-refractivity contribution in [3.63, 3.8) is 0 Å². The summed E-state index contributed by atoms with van der Waals surface area (Å²) in [7, 11) is 0. The number of aliphatic hydroxyl groups excluding tert-OH is 2. The molecule has 10 nitrogen and oxygen atoms in total. The first-order valence-corrected chi connectivity index (χ1v) is 9.64. The summed E-state index contributed by atoms with van der Waals surface area (Å²) in [6, 6.07) is 5.52. The number of ether oxygens (including phenoxy) is 1. The highest BCUT2D eigenvalue weighted by atomic mass is 16.5. The van der Waals surface area contributed by atoms with E-state index in [4.69, 9.17) is 4.74 Å². The second kappa shape index (κ2) is 7.63. The molecule has 158 valence electrons. The quantitative estimate of drug-likeness (QED) is 0.580. The summed E-state index contributed by atoms with van der Waals surface area (Å²) in [5.41, 5.74) is -0.886. The molecule has 0 saturated carbocycles. The van der Waals surface area contributed by atoms with E-state index in [1.807, 2.05) is 0 Å². The van der Waals surface area contributed by atoms with Crippen molar-refractivity contribution in [2.24, 2.45) is 0 Å². The minimum Gasteiger partial charge on any atom is -0.394 e. The number of amides is 2.